The second-order valence-electron chi connectivity index (χ2n) is 8.51. The van der Waals surface area contributed by atoms with Gasteiger partial charge in [0.15, 0.2) is 11.6 Å². The number of aryl methyl sites for hydroxylation is 1. The number of nitrogens with zero attached hydrogens (tertiary/aromatic N) is 1. The molecular formula is C26H26F2N4O6S. The highest BCUT2D eigenvalue weighted by Crippen LogP contribution is 2.39. The van der Waals surface area contributed by atoms with Gasteiger partial charge in [-0.3, -0.25) is 9.52 Å². The second kappa shape index (κ2) is 11.2. The Hall–Kier alpha value is -4.39. The maximum Gasteiger partial charge on any atom is 0.407 e. The number of carbonyl (C=O) groups excluding carboxylic acids is 1. The van der Waals surface area contributed by atoms with Gasteiger partial charge in [0.1, 0.15) is 11.6 Å². The molecule has 206 valence electrons. The monoisotopic (exact) mass is 560 g/mol. The van der Waals surface area contributed by atoms with Crippen molar-refractivity contribution in [2.75, 3.05) is 17.1 Å². The Morgan fingerprint density at radius 3 is 2.49 bits per heavy atom. The van der Waals surface area contributed by atoms with E-state index in [4.69, 9.17) is 9.47 Å². The Balaban J connectivity index is 1.88. The van der Waals surface area contributed by atoms with Gasteiger partial charge in [0.05, 0.1) is 29.8 Å². The Bertz CT molecular complexity index is 1720. The summed E-state index contributed by atoms with van der Waals surface area (Å²) >= 11 is 0. The summed E-state index contributed by atoms with van der Waals surface area (Å²) in [5, 5.41) is 2.86. The molecule has 0 aliphatic rings. The number of carbonyl (C=O) groups is 1. The molecule has 0 unspecified atom stereocenters. The normalized spacial score (nSPS) is 11.4. The van der Waals surface area contributed by atoms with Gasteiger partial charge in [0.25, 0.3) is 5.56 Å². The number of alkyl carbamates (subject to hydrolysis) is 1. The van der Waals surface area contributed by atoms with Crippen molar-refractivity contribution in [1.82, 2.24) is 14.9 Å². The molecular weight excluding hydrogens is 534 g/mol. The van der Waals surface area contributed by atoms with Crippen molar-refractivity contribution in [3.05, 3.63) is 76.3 Å². The SMILES string of the molecule is CCOC(=O)NCc1cc2c(=O)n(C)cc(-c3cc(NS(=O)(=O)CC)ccc3Oc3ccc(F)cc3F)c2[nH]1. The van der Waals surface area contributed by atoms with Gasteiger partial charge in [0.2, 0.25) is 10.0 Å². The molecule has 1 amide bonds. The lowest BCUT2D eigenvalue weighted by Crippen LogP contribution is -2.23. The van der Waals surface area contributed by atoms with Crippen LogP contribution in [0.1, 0.15) is 19.5 Å². The highest BCUT2D eigenvalue weighted by molar-refractivity contribution is 7.92. The number of hydrogen-bond donors (Lipinski definition) is 3. The summed E-state index contributed by atoms with van der Waals surface area (Å²) in [6.07, 6.45) is 0.891. The topological polar surface area (TPSA) is 132 Å². The molecule has 4 aromatic rings. The average Bonchev–Trinajstić information content (AvgIpc) is 3.32. The maximum atomic E-state index is 14.4. The third-order valence-electron chi connectivity index (χ3n) is 5.75. The molecule has 3 N–H and O–H groups in total. The Labute approximate surface area is 222 Å². The van der Waals surface area contributed by atoms with Crippen molar-refractivity contribution in [3.63, 3.8) is 0 Å². The lowest BCUT2D eigenvalue weighted by atomic mass is 10.0. The van der Waals surface area contributed by atoms with E-state index in [9.17, 15) is 26.8 Å². The number of nitrogens with one attached hydrogen (secondary N) is 3. The van der Waals surface area contributed by atoms with Crippen LogP contribution in [0.25, 0.3) is 22.0 Å². The van der Waals surface area contributed by atoms with E-state index >= 15 is 0 Å². The van der Waals surface area contributed by atoms with Crippen molar-refractivity contribution in [3.8, 4) is 22.6 Å². The zero-order chi connectivity index (χ0) is 28.3. The van der Waals surface area contributed by atoms with Gasteiger partial charge in [-0.15, -0.1) is 0 Å². The molecule has 2 aromatic carbocycles. The molecule has 0 fully saturated rings. The predicted octanol–water partition coefficient (Wildman–Crippen LogP) is 4.61. The first-order chi connectivity index (χ1) is 18.5. The molecule has 0 bridgehead atoms. The number of rotatable bonds is 9. The summed E-state index contributed by atoms with van der Waals surface area (Å²) in [6, 6.07) is 8.80. The first-order valence-electron chi connectivity index (χ1n) is 11.9. The number of amides is 1. The molecule has 39 heavy (non-hydrogen) atoms. The van der Waals surface area contributed by atoms with Gasteiger partial charge in [-0.05, 0) is 50.2 Å². The summed E-state index contributed by atoms with van der Waals surface area (Å²) in [6.45, 7) is 3.39. The molecule has 13 heteroatoms. The van der Waals surface area contributed by atoms with Crippen molar-refractivity contribution >= 4 is 32.7 Å². The third-order valence-corrected chi connectivity index (χ3v) is 7.06. The number of aromatic nitrogens is 2. The quantitative estimate of drug-likeness (QED) is 0.274. The van der Waals surface area contributed by atoms with E-state index in [1.165, 1.54) is 35.9 Å². The Morgan fingerprint density at radius 2 is 1.79 bits per heavy atom. The van der Waals surface area contributed by atoms with Crippen molar-refractivity contribution in [1.29, 1.82) is 0 Å². The van der Waals surface area contributed by atoms with Crippen molar-refractivity contribution < 1.29 is 31.5 Å². The summed E-state index contributed by atoms with van der Waals surface area (Å²) < 4.78 is 66.8. The van der Waals surface area contributed by atoms with Gasteiger partial charge in [0, 0.05) is 41.8 Å². The first kappa shape index (κ1) is 27.6. The van der Waals surface area contributed by atoms with Crippen LogP contribution in [0, 0.1) is 11.6 Å². The van der Waals surface area contributed by atoms with E-state index in [1.807, 2.05) is 0 Å². The molecule has 2 heterocycles. The van der Waals surface area contributed by atoms with Crippen molar-refractivity contribution in [2.24, 2.45) is 7.05 Å². The van der Waals surface area contributed by atoms with Gasteiger partial charge in [-0.1, -0.05) is 0 Å². The van der Waals surface area contributed by atoms with Crippen LogP contribution in [0.3, 0.4) is 0 Å². The number of halogens is 2. The number of ether oxygens (including phenoxy) is 2. The minimum absolute atomic E-state index is 0.0383. The molecule has 0 aliphatic carbocycles. The highest BCUT2D eigenvalue weighted by atomic mass is 32.2. The molecule has 2 aromatic heterocycles. The van der Waals surface area contributed by atoms with Crippen LogP contribution in [0.15, 0.2) is 53.5 Å². The van der Waals surface area contributed by atoms with Crippen LogP contribution in [-0.2, 0) is 28.4 Å². The molecule has 0 atom stereocenters. The number of sulfonamides is 1. The van der Waals surface area contributed by atoms with Crippen molar-refractivity contribution in [2.45, 2.75) is 20.4 Å². The fourth-order valence-corrected chi connectivity index (χ4v) is 4.50. The van der Waals surface area contributed by atoms with E-state index in [-0.39, 0.29) is 47.0 Å². The minimum Gasteiger partial charge on any atom is -0.454 e. The van der Waals surface area contributed by atoms with Crippen LogP contribution in [0.4, 0.5) is 19.3 Å². The second-order valence-corrected chi connectivity index (χ2v) is 10.5. The number of H-pyrrole nitrogens is 1. The Morgan fingerprint density at radius 1 is 1.05 bits per heavy atom. The van der Waals surface area contributed by atoms with Crippen LogP contribution in [0.2, 0.25) is 0 Å². The minimum atomic E-state index is -3.64. The smallest absolute Gasteiger partial charge is 0.407 e. The summed E-state index contributed by atoms with van der Waals surface area (Å²) in [7, 11) is -2.10. The third kappa shape index (κ3) is 6.20. The maximum absolute atomic E-state index is 14.4. The Kier molecular flexibility index (Phi) is 7.90. The summed E-state index contributed by atoms with van der Waals surface area (Å²) in [4.78, 5) is 27.8. The largest absolute Gasteiger partial charge is 0.454 e. The molecule has 0 saturated heterocycles. The zero-order valence-corrected chi connectivity index (χ0v) is 22.1. The standard InChI is InChI=1S/C26H26F2N4O6S/c1-4-37-26(34)29-13-17-12-19-24(30-17)20(14-32(3)25(19)33)18-11-16(31-39(35,36)5-2)7-9-22(18)38-23-8-6-15(27)10-21(23)28/h6-12,14,30-31H,4-5,13H2,1-3H3,(H,29,34). The number of hydrogen-bond acceptors (Lipinski definition) is 6. The summed E-state index contributed by atoms with van der Waals surface area (Å²) in [5.74, 6) is -2.03. The van der Waals surface area contributed by atoms with E-state index in [0.29, 0.717) is 28.4 Å². The lowest BCUT2D eigenvalue weighted by molar-refractivity contribution is 0.151. The number of fused-ring (bicyclic) bond motifs is 1. The first-order valence-corrected chi connectivity index (χ1v) is 13.6. The van der Waals surface area contributed by atoms with Gasteiger partial charge in [-0.25, -0.2) is 22.0 Å². The van der Waals surface area contributed by atoms with Crippen LogP contribution >= 0.6 is 0 Å². The number of aromatic amines is 1. The molecule has 0 radical (unpaired) electrons. The molecule has 10 nitrogen and oxygen atoms in total. The number of benzene rings is 2. The van der Waals surface area contributed by atoms with E-state index in [2.05, 4.69) is 15.0 Å². The number of pyridine rings is 1. The average molecular weight is 561 g/mol. The highest BCUT2D eigenvalue weighted by Gasteiger charge is 2.19. The number of anilines is 1. The molecule has 0 saturated carbocycles. The molecule has 4 rings (SSSR count). The van der Waals surface area contributed by atoms with Gasteiger partial charge < -0.3 is 24.3 Å². The fraction of sp³-hybridized carbons (Fsp3) is 0.231. The fourth-order valence-electron chi connectivity index (χ4n) is 3.87. The lowest BCUT2D eigenvalue weighted by Gasteiger charge is -2.16. The van der Waals surface area contributed by atoms with Crippen LogP contribution in [0.5, 0.6) is 11.5 Å². The summed E-state index contributed by atoms with van der Waals surface area (Å²) in [5.41, 5.74) is 1.47. The van der Waals surface area contributed by atoms with E-state index in [0.717, 1.165) is 12.1 Å². The van der Waals surface area contributed by atoms with Crippen LogP contribution < -0.4 is 20.3 Å². The van der Waals surface area contributed by atoms with E-state index < -0.39 is 27.8 Å². The van der Waals surface area contributed by atoms with Gasteiger partial charge in [-0.2, -0.15) is 0 Å². The predicted molar refractivity (Wildman–Crippen MR) is 142 cm³/mol. The zero-order valence-electron chi connectivity index (χ0n) is 21.3. The molecule has 0 spiro atoms. The molecule has 0 aliphatic heterocycles. The van der Waals surface area contributed by atoms with E-state index in [1.54, 1.807) is 20.0 Å². The van der Waals surface area contributed by atoms with Gasteiger partial charge >= 0.3 is 6.09 Å². The van der Waals surface area contributed by atoms with Crippen LogP contribution in [-0.4, -0.2) is 36.4 Å².